The van der Waals surface area contributed by atoms with Gasteiger partial charge in [0.1, 0.15) is 0 Å². The Morgan fingerprint density at radius 1 is 1.06 bits per heavy atom. The minimum atomic E-state index is -3.13. The van der Waals surface area contributed by atoms with E-state index in [0.29, 0.717) is 5.92 Å². The smallest absolute Gasteiger partial charge is 0.151 e. The van der Waals surface area contributed by atoms with Gasteiger partial charge in [0.2, 0.25) is 0 Å². The third-order valence-corrected chi connectivity index (χ3v) is 4.91. The first kappa shape index (κ1) is 15.1. The second-order valence-electron chi connectivity index (χ2n) is 5.00. The van der Waals surface area contributed by atoms with Crippen LogP contribution in [0, 0.1) is 0 Å². The largest absolute Gasteiger partial charge is 0.271 e. The standard InChI is InChI=1S/C13H22N2O2S/c1-9(2)11-5-7-12(8-6-11)13(15-14)10(3)18(4,16)17/h5-10,13,15H,14H2,1-4H3. The first-order valence-electron chi connectivity index (χ1n) is 6.02. The molecule has 1 aromatic carbocycles. The highest BCUT2D eigenvalue weighted by Gasteiger charge is 2.26. The van der Waals surface area contributed by atoms with Gasteiger partial charge in [0.05, 0.1) is 11.3 Å². The van der Waals surface area contributed by atoms with Crippen LogP contribution in [0.15, 0.2) is 24.3 Å². The van der Waals surface area contributed by atoms with Crippen LogP contribution in [0.2, 0.25) is 0 Å². The van der Waals surface area contributed by atoms with E-state index in [2.05, 4.69) is 19.3 Å². The van der Waals surface area contributed by atoms with Crippen LogP contribution in [-0.4, -0.2) is 19.9 Å². The third-order valence-electron chi connectivity index (χ3n) is 3.29. The van der Waals surface area contributed by atoms with Crippen LogP contribution in [-0.2, 0) is 9.84 Å². The summed E-state index contributed by atoms with van der Waals surface area (Å²) < 4.78 is 23.2. The number of rotatable bonds is 5. The Morgan fingerprint density at radius 3 is 1.83 bits per heavy atom. The maximum atomic E-state index is 11.6. The first-order valence-corrected chi connectivity index (χ1v) is 7.97. The van der Waals surface area contributed by atoms with E-state index in [9.17, 15) is 8.42 Å². The van der Waals surface area contributed by atoms with E-state index in [4.69, 9.17) is 5.84 Å². The number of nitrogens with one attached hydrogen (secondary N) is 1. The number of nitrogens with two attached hydrogens (primary N) is 1. The fraction of sp³-hybridized carbons (Fsp3) is 0.538. The molecule has 18 heavy (non-hydrogen) atoms. The van der Waals surface area contributed by atoms with Gasteiger partial charge in [-0.15, -0.1) is 0 Å². The zero-order chi connectivity index (χ0) is 13.9. The van der Waals surface area contributed by atoms with Gasteiger partial charge in [-0.25, -0.2) is 8.42 Å². The van der Waals surface area contributed by atoms with Gasteiger partial charge in [0.25, 0.3) is 0 Å². The van der Waals surface area contributed by atoms with Crippen molar-refractivity contribution in [2.24, 2.45) is 5.84 Å². The Kier molecular flexibility index (Phi) is 4.90. The van der Waals surface area contributed by atoms with Crippen LogP contribution in [0.25, 0.3) is 0 Å². The molecule has 102 valence electrons. The van der Waals surface area contributed by atoms with Crippen molar-refractivity contribution in [1.82, 2.24) is 5.43 Å². The number of hydrogen-bond acceptors (Lipinski definition) is 4. The summed E-state index contributed by atoms with van der Waals surface area (Å²) in [5.41, 5.74) is 4.71. The van der Waals surface area contributed by atoms with Gasteiger partial charge < -0.3 is 0 Å². The molecule has 1 rings (SSSR count). The minimum Gasteiger partial charge on any atom is -0.271 e. The molecule has 3 N–H and O–H groups in total. The summed E-state index contributed by atoms with van der Waals surface area (Å²) in [6.07, 6.45) is 1.23. The van der Waals surface area contributed by atoms with Crippen LogP contribution in [0.5, 0.6) is 0 Å². The summed E-state index contributed by atoms with van der Waals surface area (Å²) in [4.78, 5) is 0. The number of hydrogen-bond donors (Lipinski definition) is 2. The molecule has 1 aromatic rings. The SMILES string of the molecule is CC(C)c1ccc(C(NN)C(C)S(C)(=O)=O)cc1. The molecule has 0 aliphatic rings. The normalized spacial score (nSPS) is 15.7. The van der Waals surface area contributed by atoms with Crippen molar-refractivity contribution in [2.75, 3.05) is 6.26 Å². The fourth-order valence-corrected chi connectivity index (χ4v) is 2.57. The van der Waals surface area contributed by atoms with Gasteiger partial charge in [0, 0.05) is 6.26 Å². The first-order chi connectivity index (χ1) is 8.27. The molecule has 0 aliphatic carbocycles. The third kappa shape index (κ3) is 3.54. The molecule has 0 heterocycles. The van der Waals surface area contributed by atoms with Crippen molar-refractivity contribution >= 4 is 9.84 Å². The fourth-order valence-electron chi connectivity index (χ4n) is 1.84. The van der Waals surface area contributed by atoms with Crippen LogP contribution in [0.1, 0.15) is 43.9 Å². The zero-order valence-electron chi connectivity index (χ0n) is 11.3. The minimum absolute atomic E-state index is 0.388. The molecule has 0 saturated carbocycles. The van der Waals surface area contributed by atoms with Gasteiger partial charge in [-0.3, -0.25) is 11.3 Å². The van der Waals surface area contributed by atoms with Gasteiger partial charge in [-0.2, -0.15) is 0 Å². The van der Waals surface area contributed by atoms with Crippen molar-refractivity contribution in [1.29, 1.82) is 0 Å². The Morgan fingerprint density at radius 2 is 1.50 bits per heavy atom. The summed E-state index contributed by atoms with van der Waals surface area (Å²) in [5, 5.41) is -0.563. The quantitative estimate of drug-likeness (QED) is 0.631. The van der Waals surface area contributed by atoms with E-state index >= 15 is 0 Å². The van der Waals surface area contributed by atoms with Crippen LogP contribution in [0.3, 0.4) is 0 Å². The molecule has 5 heteroatoms. The zero-order valence-corrected chi connectivity index (χ0v) is 12.2. The molecule has 0 fully saturated rings. The van der Waals surface area contributed by atoms with Gasteiger partial charge in [-0.05, 0) is 24.0 Å². The number of benzene rings is 1. The Labute approximate surface area is 109 Å². The molecule has 2 atom stereocenters. The van der Waals surface area contributed by atoms with Crippen molar-refractivity contribution in [3.8, 4) is 0 Å². The maximum Gasteiger partial charge on any atom is 0.151 e. The molecular weight excluding hydrogens is 248 g/mol. The van der Waals surface area contributed by atoms with Crippen molar-refractivity contribution in [2.45, 2.75) is 38.0 Å². The lowest BCUT2D eigenvalue weighted by molar-refractivity contribution is 0.513. The highest BCUT2D eigenvalue weighted by atomic mass is 32.2. The van der Waals surface area contributed by atoms with Crippen molar-refractivity contribution < 1.29 is 8.42 Å². The van der Waals surface area contributed by atoms with Crippen molar-refractivity contribution in [3.05, 3.63) is 35.4 Å². The maximum absolute atomic E-state index is 11.6. The predicted octanol–water partition coefficient (Wildman–Crippen LogP) is 1.75. The highest BCUT2D eigenvalue weighted by molar-refractivity contribution is 7.91. The van der Waals surface area contributed by atoms with E-state index in [-0.39, 0.29) is 6.04 Å². The second kappa shape index (κ2) is 5.82. The Bertz CT molecular complexity index is 480. The number of hydrazine groups is 1. The molecule has 0 aromatic heterocycles. The van der Waals surface area contributed by atoms with Crippen LogP contribution in [0.4, 0.5) is 0 Å². The summed E-state index contributed by atoms with van der Waals surface area (Å²) in [6, 6.07) is 7.50. The summed E-state index contributed by atoms with van der Waals surface area (Å²) in [5.74, 6) is 5.94. The van der Waals surface area contributed by atoms with Gasteiger partial charge in [-0.1, -0.05) is 38.1 Å². The predicted molar refractivity (Wildman–Crippen MR) is 74.9 cm³/mol. The monoisotopic (exact) mass is 270 g/mol. The summed E-state index contributed by atoms with van der Waals surface area (Å²) in [7, 11) is -3.13. The molecule has 0 saturated heterocycles. The van der Waals surface area contributed by atoms with Crippen LogP contribution < -0.4 is 11.3 Å². The van der Waals surface area contributed by atoms with E-state index in [1.54, 1.807) is 6.92 Å². The second-order valence-corrected chi connectivity index (χ2v) is 7.40. The highest BCUT2D eigenvalue weighted by Crippen LogP contribution is 2.23. The molecule has 0 aliphatic heterocycles. The average Bonchev–Trinajstić information content (AvgIpc) is 2.29. The molecule has 0 bridgehead atoms. The lowest BCUT2D eigenvalue weighted by Gasteiger charge is -2.22. The van der Waals surface area contributed by atoms with Crippen LogP contribution >= 0.6 is 0 Å². The van der Waals surface area contributed by atoms with E-state index in [1.807, 2.05) is 24.3 Å². The summed E-state index contributed by atoms with van der Waals surface area (Å²) in [6.45, 7) is 5.90. The molecular formula is C13H22N2O2S. The molecule has 0 amide bonds. The molecule has 0 spiro atoms. The molecule has 2 unspecified atom stereocenters. The lowest BCUT2D eigenvalue weighted by Crippen LogP contribution is -2.38. The molecule has 4 nitrogen and oxygen atoms in total. The Balaban J connectivity index is 3.03. The lowest BCUT2D eigenvalue weighted by atomic mass is 9.98. The Hall–Kier alpha value is -0.910. The van der Waals surface area contributed by atoms with Gasteiger partial charge >= 0.3 is 0 Å². The average molecular weight is 270 g/mol. The van der Waals surface area contributed by atoms with E-state index < -0.39 is 15.1 Å². The molecule has 0 radical (unpaired) electrons. The summed E-state index contributed by atoms with van der Waals surface area (Å²) >= 11 is 0. The topological polar surface area (TPSA) is 72.2 Å². The number of sulfone groups is 1. The van der Waals surface area contributed by atoms with E-state index in [0.717, 1.165) is 5.56 Å². The van der Waals surface area contributed by atoms with Gasteiger partial charge in [0.15, 0.2) is 9.84 Å². The van der Waals surface area contributed by atoms with E-state index in [1.165, 1.54) is 11.8 Å². The van der Waals surface area contributed by atoms with Crippen molar-refractivity contribution in [3.63, 3.8) is 0 Å².